The molecule has 1 heterocycles. The molecule has 1 aliphatic carbocycles. The highest BCUT2D eigenvalue weighted by molar-refractivity contribution is 5.84. The Bertz CT molecular complexity index is 1160. The van der Waals surface area contributed by atoms with E-state index in [1.54, 1.807) is 27.4 Å². The second kappa shape index (κ2) is 13.5. The Morgan fingerprint density at radius 1 is 1.03 bits per heavy atom. The van der Waals surface area contributed by atoms with E-state index < -0.39 is 6.09 Å². The molecule has 0 aromatic heterocycles. The average molecular weight is 542 g/mol. The van der Waals surface area contributed by atoms with Gasteiger partial charge in [0.05, 0.1) is 40.6 Å². The molecule has 1 aliphatic heterocycles. The van der Waals surface area contributed by atoms with Gasteiger partial charge in [-0.2, -0.15) is 0 Å². The van der Waals surface area contributed by atoms with Crippen LogP contribution in [0.3, 0.4) is 0 Å². The fourth-order valence-corrected chi connectivity index (χ4v) is 5.29. The molecule has 2 aliphatic rings. The van der Waals surface area contributed by atoms with E-state index in [0.717, 1.165) is 67.9 Å². The quantitative estimate of drug-likeness (QED) is 0.439. The number of hydrogen-bond acceptors (Lipinski definition) is 8. The van der Waals surface area contributed by atoms with Crippen molar-refractivity contribution in [3.63, 3.8) is 0 Å². The lowest BCUT2D eigenvalue weighted by Crippen LogP contribution is -2.37. The van der Waals surface area contributed by atoms with Crippen molar-refractivity contribution >= 4 is 12.0 Å². The lowest BCUT2D eigenvalue weighted by Gasteiger charge is -2.26. The van der Waals surface area contributed by atoms with Crippen molar-refractivity contribution in [1.82, 2.24) is 15.5 Å². The molecule has 212 valence electrons. The standard InChI is InChI=1S/C29H39N3O7/c1-19(33)31-24-10-7-20-17-25(35-2)27(36-3)28(37-4)26(20)22-9-8-21(18-23(22)24)39-29(34)30-11-5-6-12-32-13-15-38-16-14-32/h8-9,17-18,24H,5-7,10-16H2,1-4H3,(H,30,34)(H,31,33)/t24-/m0/s1. The van der Waals surface area contributed by atoms with E-state index in [9.17, 15) is 9.59 Å². The number of hydrogen-bond donors (Lipinski definition) is 2. The minimum absolute atomic E-state index is 0.139. The van der Waals surface area contributed by atoms with E-state index in [4.69, 9.17) is 23.7 Å². The van der Waals surface area contributed by atoms with Crippen molar-refractivity contribution in [3.8, 4) is 34.1 Å². The number of carbonyl (C=O) groups excluding carboxylic acids is 2. The van der Waals surface area contributed by atoms with E-state index in [1.165, 1.54) is 6.92 Å². The zero-order valence-corrected chi connectivity index (χ0v) is 23.3. The Morgan fingerprint density at radius 2 is 1.79 bits per heavy atom. The molecule has 0 bridgehead atoms. The molecule has 10 nitrogen and oxygen atoms in total. The summed E-state index contributed by atoms with van der Waals surface area (Å²) in [6.45, 7) is 6.53. The number of benzene rings is 2. The Labute approximate surface area is 229 Å². The van der Waals surface area contributed by atoms with Crippen LogP contribution in [0.1, 0.15) is 43.4 Å². The zero-order chi connectivity index (χ0) is 27.8. The number of nitrogens with zero attached hydrogens (tertiary/aromatic N) is 1. The molecule has 2 aromatic rings. The third-order valence-electron chi connectivity index (χ3n) is 7.14. The second-order valence-corrected chi connectivity index (χ2v) is 9.70. The number of aryl methyl sites for hydroxylation is 1. The number of carbonyl (C=O) groups is 2. The molecule has 0 spiro atoms. The third-order valence-corrected chi connectivity index (χ3v) is 7.14. The minimum Gasteiger partial charge on any atom is -0.493 e. The van der Waals surface area contributed by atoms with Crippen LogP contribution in [-0.4, -0.2) is 77.6 Å². The van der Waals surface area contributed by atoms with E-state index in [1.807, 2.05) is 18.2 Å². The summed E-state index contributed by atoms with van der Waals surface area (Å²) in [6.07, 6.45) is 2.68. The summed E-state index contributed by atoms with van der Waals surface area (Å²) in [5, 5.41) is 5.89. The van der Waals surface area contributed by atoms with E-state index in [2.05, 4.69) is 15.5 Å². The highest BCUT2D eigenvalue weighted by Crippen LogP contribution is 2.50. The molecule has 1 atom stereocenters. The molecule has 0 saturated carbocycles. The summed E-state index contributed by atoms with van der Waals surface area (Å²) in [4.78, 5) is 27.0. The first-order chi connectivity index (χ1) is 18.9. The fourth-order valence-electron chi connectivity index (χ4n) is 5.29. The lowest BCUT2D eigenvalue weighted by molar-refractivity contribution is -0.119. The number of ether oxygens (including phenoxy) is 5. The fraction of sp³-hybridized carbons (Fsp3) is 0.517. The molecule has 0 radical (unpaired) electrons. The average Bonchev–Trinajstić information content (AvgIpc) is 3.08. The normalized spacial score (nSPS) is 16.8. The Kier molecular flexibility index (Phi) is 9.89. The largest absolute Gasteiger partial charge is 0.493 e. The van der Waals surface area contributed by atoms with Gasteiger partial charge < -0.3 is 34.3 Å². The number of fused-ring (bicyclic) bond motifs is 3. The lowest BCUT2D eigenvalue weighted by atomic mass is 9.93. The van der Waals surface area contributed by atoms with Crippen molar-refractivity contribution in [3.05, 3.63) is 35.4 Å². The predicted molar refractivity (Wildman–Crippen MR) is 147 cm³/mol. The van der Waals surface area contributed by atoms with Gasteiger partial charge in [-0.3, -0.25) is 9.69 Å². The Morgan fingerprint density at radius 3 is 2.49 bits per heavy atom. The van der Waals surface area contributed by atoms with Gasteiger partial charge in [-0.05, 0) is 67.1 Å². The molecule has 2 amide bonds. The van der Waals surface area contributed by atoms with Gasteiger partial charge in [0.25, 0.3) is 0 Å². The van der Waals surface area contributed by atoms with E-state index in [0.29, 0.717) is 42.4 Å². The smallest absolute Gasteiger partial charge is 0.412 e. The number of rotatable bonds is 10. The topological polar surface area (TPSA) is 108 Å². The summed E-state index contributed by atoms with van der Waals surface area (Å²) < 4.78 is 28.0. The van der Waals surface area contributed by atoms with Crippen molar-refractivity contribution in [2.75, 3.05) is 60.7 Å². The first-order valence-electron chi connectivity index (χ1n) is 13.4. The maximum Gasteiger partial charge on any atom is 0.412 e. The second-order valence-electron chi connectivity index (χ2n) is 9.70. The summed E-state index contributed by atoms with van der Waals surface area (Å²) in [5.74, 6) is 1.89. The first kappa shape index (κ1) is 28.5. The molecule has 0 unspecified atom stereocenters. The van der Waals surface area contributed by atoms with Crippen LogP contribution in [0.5, 0.6) is 23.0 Å². The number of nitrogens with one attached hydrogen (secondary N) is 2. The van der Waals surface area contributed by atoms with Gasteiger partial charge in [0.2, 0.25) is 11.7 Å². The van der Waals surface area contributed by atoms with Crippen LogP contribution in [0.25, 0.3) is 11.1 Å². The van der Waals surface area contributed by atoms with Gasteiger partial charge in [0.1, 0.15) is 5.75 Å². The summed E-state index contributed by atoms with van der Waals surface area (Å²) in [6, 6.07) is 7.14. The summed E-state index contributed by atoms with van der Waals surface area (Å²) in [5.41, 5.74) is 3.59. The van der Waals surface area contributed by atoms with Gasteiger partial charge >= 0.3 is 6.09 Å². The highest BCUT2D eigenvalue weighted by Gasteiger charge is 2.29. The van der Waals surface area contributed by atoms with Crippen molar-refractivity contribution in [2.45, 2.75) is 38.6 Å². The monoisotopic (exact) mass is 541 g/mol. The molecular weight excluding hydrogens is 502 g/mol. The van der Waals surface area contributed by atoms with Gasteiger partial charge in [-0.1, -0.05) is 6.07 Å². The Balaban J connectivity index is 1.51. The van der Waals surface area contributed by atoms with Crippen LogP contribution in [0, 0.1) is 0 Å². The maximum atomic E-state index is 12.5. The number of morpholine rings is 1. The Hall–Kier alpha value is -3.50. The molecule has 10 heteroatoms. The van der Waals surface area contributed by atoms with Crippen LogP contribution in [0.2, 0.25) is 0 Å². The van der Waals surface area contributed by atoms with Crippen LogP contribution < -0.4 is 29.6 Å². The van der Waals surface area contributed by atoms with Crippen LogP contribution in [0.15, 0.2) is 24.3 Å². The number of unbranched alkanes of at least 4 members (excludes halogenated alkanes) is 1. The minimum atomic E-state index is -0.504. The molecule has 1 fully saturated rings. The number of methoxy groups -OCH3 is 3. The van der Waals surface area contributed by atoms with Crippen LogP contribution >= 0.6 is 0 Å². The van der Waals surface area contributed by atoms with Gasteiger partial charge in [0.15, 0.2) is 11.5 Å². The van der Waals surface area contributed by atoms with Crippen molar-refractivity contribution in [2.24, 2.45) is 0 Å². The molecule has 1 saturated heterocycles. The van der Waals surface area contributed by atoms with Crippen LogP contribution in [-0.2, 0) is 16.0 Å². The van der Waals surface area contributed by atoms with Gasteiger partial charge in [-0.15, -0.1) is 0 Å². The number of amides is 2. The predicted octanol–water partition coefficient (Wildman–Crippen LogP) is 3.70. The van der Waals surface area contributed by atoms with Gasteiger partial charge in [0, 0.05) is 32.1 Å². The molecule has 2 N–H and O–H groups in total. The molecular formula is C29H39N3O7. The van der Waals surface area contributed by atoms with E-state index >= 15 is 0 Å². The van der Waals surface area contributed by atoms with E-state index in [-0.39, 0.29) is 11.9 Å². The molecule has 2 aromatic carbocycles. The summed E-state index contributed by atoms with van der Waals surface area (Å²) in [7, 11) is 4.76. The van der Waals surface area contributed by atoms with Gasteiger partial charge in [-0.25, -0.2) is 4.79 Å². The SMILES string of the molecule is COc1cc2c(c(OC)c1OC)-c1ccc(OC(=O)NCCCCN3CCOCC3)cc1[C@@H](NC(C)=O)CC2. The first-order valence-corrected chi connectivity index (χ1v) is 13.4. The summed E-state index contributed by atoms with van der Waals surface area (Å²) >= 11 is 0. The van der Waals surface area contributed by atoms with Crippen molar-refractivity contribution < 1.29 is 33.3 Å². The van der Waals surface area contributed by atoms with Crippen molar-refractivity contribution in [1.29, 1.82) is 0 Å². The zero-order valence-electron chi connectivity index (χ0n) is 23.3. The maximum absolute atomic E-state index is 12.5. The van der Waals surface area contributed by atoms with Crippen LogP contribution in [0.4, 0.5) is 4.79 Å². The molecule has 39 heavy (non-hydrogen) atoms. The molecule has 4 rings (SSSR count). The third kappa shape index (κ3) is 6.93. The highest BCUT2D eigenvalue weighted by atomic mass is 16.6.